The van der Waals surface area contributed by atoms with Crippen molar-refractivity contribution < 1.29 is 8.42 Å². The van der Waals surface area contributed by atoms with Gasteiger partial charge < -0.3 is 5.32 Å². The summed E-state index contributed by atoms with van der Waals surface area (Å²) in [5.74, 6) is 0.434. The van der Waals surface area contributed by atoms with Gasteiger partial charge in [-0.25, -0.2) is 0 Å². The van der Waals surface area contributed by atoms with Crippen LogP contribution in [0, 0.1) is 5.92 Å². The molecule has 0 aromatic carbocycles. The minimum Gasteiger partial charge on any atom is -0.316 e. The highest BCUT2D eigenvalue weighted by atomic mass is 32.2. The Kier molecular flexibility index (Phi) is 5.37. The van der Waals surface area contributed by atoms with E-state index in [2.05, 4.69) is 5.32 Å². The molecular formula is C11H25N3O2S. The Morgan fingerprint density at radius 1 is 1.35 bits per heavy atom. The Hall–Kier alpha value is -0.170. The van der Waals surface area contributed by atoms with Gasteiger partial charge in [0.15, 0.2) is 0 Å². The van der Waals surface area contributed by atoms with E-state index in [1.165, 1.54) is 8.61 Å². The standard InChI is InChI=1S/C11H25N3O2S/c1-10(2)14(4)17(15,16)13(3)9-11-6-5-7-12-8-11/h10-12H,5-9H2,1-4H3. The van der Waals surface area contributed by atoms with Gasteiger partial charge in [0.2, 0.25) is 0 Å². The first-order chi connectivity index (χ1) is 7.85. The Bertz CT molecular complexity index is 324. The monoisotopic (exact) mass is 263 g/mol. The Morgan fingerprint density at radius 3 is 2.47 bits per heavy atom. The second kappa shape index (κ2) is 6.13. The van der Waals surface area contributed by atoms with Gasteiger partial charge in [-0.2, -0.15) is 17.0 Å². The van der Waals surface area contributed by atoms with Crippen LogP contribution in [0.2, 0.25) is 0 Å². The smallest absolute Gasteiger partial charge is 0.281 e. The molecule has 0 amide bonds. The summed E-state index contributed by atoms with van der Waals surface area (Å²) in [5.41, 5.74) is 0. The molecule has 0 saturated carbocycles. The minimum atomic E-state index is -3.30. The molecule has 1 N–H and O–H groups in total. The molecule has 1 aliphatic rings. The molecule has 1 unspecified atom stereocenters. The summed E-state index contributed by atoms with van der Waals surface area (Å²) in [4.78, 5) is 0. The lowest BCUT2D eigenvalue weighted by Crippen LogP contribution is -2.46. The molecule has 0 spiro atoms. The van der Waals surface area contributed by atoms with Crippen LogP contribution >= 0.6 is 0 Å². The molecule has 1 saturated heterocycles. The highest BCUT2D eigenvalue weighted by molar-refractivity contribution is 7.86. The largest absolute Gasteiger partial charge is 0.316 e. The van der Waals surface area contributed by atoms with Gasteiger partial charge in [0.1, 0.15) is 0 Å². The van der Waals surface area contributed by atoms with E-state index in [-0.39, 0.29) is 6.04 Å². The maximum Gasteiger partial charge on any atom is 0.281 e. The average molecular weight is 263 g/mol. The molecular weight excluding hydrogens is 238 g/mol. The number of piperidine rings is 1. The molecule has 5 nitrogen and oxygen atoms in total. The highest BCUT2D eigenvalue weighted by Crippen LogP contribution is 2.15. The van der Waals surface area contributed by atoms with Crippen molar-refractivity contribution in [1.82, 2.24) is 13.9 Å². The van der Waals surface area contributed by atoms with E-state index >= 15 is 0 Å². The fourth-order valence-corrected chi connectivity index (χ4v) is 3.40. The second-order valence-corrected chi connectivity index (χ2v) is 7.21. The number of hydrogen-bond acceptors (Lipinski definition) is 3. The molecule has 0 bridgehead atoms. The molecule has 17 heavy (non-hydrogen) atoms. The van der Waals surface area contributed by atoms with Crippen molar-refractivity contribution in [2.24, 2.45) is 5.92 Å². The molecule has 102 valence electrons. The van der Waals surface area contributed by atoms with Crippen LogP contribution in [0.15, 0.2) is 0 Å². The summed E-state index contributed by atoms with van der Waals surface area (Å²) < 4.78 is 27.3. The van der Waals surface area contributed by atoms with Gasteiger partial charge in [0, 0.05) is 26.7 Å². The quantitative estimate of drug-likeness (QED) is 0.786. The Balaban J connectivity index is 2.58. The summed E-state index contributed by atoms with van der Waals surface area (Å²) in [5, 5.41) is 3.31. The van der Waals surface area contributed by atoms with Crippen molar-refractivity contribution in [3.63, 3.8) is 0 Å². The number of nitrogens with one attached hydrogen (secondary N) is 1. The van der Waals surface area contributed by atoms with Crippen molar-refractivity contribution >= 4 is 10.2 Å². The van der Waals surface area contributed by atoms with E-state index < -0.39 is 10.2 Å². The van der Waals surface area contributed by atoms with Gasteiger partial charge in [0.05, 0.1) is 0 Å². The van der Waals surface area contributed by atoms with Crippen LogP contribution in [-0.2, 0) is 10.2 Å². The molecule has 0 aromatic rings. The predicted molar refractivity (Wildman–Crippen MR) is 70.0 cm³/mol. The fourth-order valence-electron chi connectivity index (χ4n) is 2.02. The zero-order valence-corrected chi connectivity index (χ0v) is 12.1. The molecule has 0 aromatic heterocycles. The first-order valence-electron chi connectivity index (χ1n) is 6.25. The molecule has 1 aliphatic heterocycles. The number of nitrogens with zero attached hydrogens (tertiary/aromatic N) is 2. The Morgan fingerprint density at radius 2 is 2.00 bits per heavy atom. The zero-order chi connectivity index (χ0) is 13.1. The third kappa shape index (κ3) is 3.91. The minimum absolute atomic E-state index is 0.00747. The van der Waals surface area contributed by atoms with Gasteiger partial charge >= 0.3 is 0 Å². The molecule has 0 aliphatic carbocycles. The van der Waals surface area contributed by atoms with Crippen molar-refractivity contribution in [1.29, 1.82) is 0 Å². The van der Waals surface area contributed by atoms with Gasteiger partial charge in [0.25, 0.3) is 10.2 Å². The number of rotatable bonds is 5. The summed E-state index contributed by atoms with van der Waals surface area (Å²) in [7, 11) is 0.00527. The van der Waals surface area contributed by atoms with Gasteiger partial charge in [-0.1, -0.05) is 0 Å². The van der Waals surface area contributed by atoms with Crippen LogP contribution in [0.1, 0.15) is 26.7 Å². The van der Waals surface area contributed by atoms with Crippen LogP contribution in [-0.4, -0.2) is 56.8 Å². The van der Waals surface area contributed by atoms with E-state index in [4.69, 9.17) is 0 Å². The van der Waals surface area contributed by atoms with Gasteiger partial charge in [-0.3, -0.25) is 0 Å². The van der Waals surface area contributed by atoms with Crippen LogP contribution < -0.4 is 5.32 Å². The molecule has 1 atom stereocenters. The van der Waals surface area contributed by atoms with E-state index in [9.17, 15) is 8.42 Å². The van der Waals surface area contributed by atoms with Gasteiger partial charge in [-0.05, 0) is 45.7 Å². The van der Waals surface area contributed by atoms with Crippen LogP contribution in [0.25, 0.3) is 0 Å². The third-order valence-electron chi connectivity index (χ3n) is 3.40. The molecule has 6 heteroatoms. The van der Waals surface area contributed by atoms with Gasteiger partial charge in [-0.15, -0.1) is 0 Å². The summed E-state index contributed by atoms with van der Waals surface area (Å²) >= 11 is 0. The summed E-state index contributed by atoms with van der Waals surface area (Å²) in [6.45, 7) is 6.34. The number of hydrogen-bond donors (Lipinski definition) is 1. The first kappa shape index (κ1) is 14.9. The Labute approximate surface area is 105 Å². The zero-order valence-electron chi connectivity index (χ0n) is 11.3. The lowest BCUT2D eigenvalue weighted by atomic mass is 10.00. The van der Waals surface area contributed by atoms with Crippen LogP contribution in [0.3, 0.4) is 0 Å². The third-order valence-corrected chi connectivity index (χ3v) is 5.49. The second-order valence-electron chi connectivity index (χ2n) is 5.11. The van der Waals surface area contributed by atoms with E-state index in [0.29, 0.717) is 12.5 Å². The van der Waals surface area contributed by atoms with Crippen molar-refractivity contribution in [2.75, 3.05) is 33.7 Å². The summed E-state index contributed by atoms with van der Waals surface area (Å²) in [6, 6.07) is -0.00747. The molecule has 1 heterocycles. The van der Waals surface area contributed by atoms with E-state index in [1.54, 1.807) is 14.1 Å². The van der Waals surface area contributed by atoms with E-state index in [1.807, 2.05) is 13.8 Å². The van der Waals surface area contributed by atoms with Crippen LogP contribution in [0.5, 0.6) is 0 Å². The summed E-state index contributed by atoms with van der Waals surface area (Å²) in [6.07, 6.45) is 2.25. The first-order valence-corrected chi connectivity index (χ1v) is 7.65. The molecule has 1 fully saturated rings. The molecule has 0 radical (unpaired) electrons. The van der Waals surface area contributed by atoms with Crippen molar-refractivity contribution in [3.8, 4) is 0 Å². The lowest BCUT2D eigenvalue weighted by molar-refractivity contribution is 0.293. The van der Waals surface area contributed by atoms with Crippen molar-refractivity contribution in [2.45, 2.75) is 32.7 Å². The van der Waals surface area contributed by atoms with E-state index in [0.717, 1.165) is 25.9 Å². The maximum absolute atomic E-state index is 12.2. The SMILES string of the molecule is CC(C)N(C)S(=O)(=O)N(C)CC1CCCNC1. The lowest BCUT2D eigenvalue weighted by Gasteiger charge is -2.31. The highest BCUT2D eigenvalue weighted by Gasteiger charge is 2.27. The fraction of sp³-hybridized carbons (Fsp3) is 1.00. The molecule has 1 rings (SSSR count). The van der Waals surface area contributed by atoms with Crippen molar-refractivity contribution in [3.05, 3.63) is 0 Å². The normalized spacial score (nSPS) is 22.6. The topological polar surface area (TPSA) is 52.7 Å². The maximum atomic E-state index is 12.2. The average Bonchev–Trinajstić information content (AvgIpc) is 2.29. The van der Waals surface area contributed by atoms with Crippen LogP contribution in [0.4, 0.5) is 0 Å². The predicted octanol–water partition coefficient (Wildman–Crippen LogP) is 0.503.